The molecule has 1 N–H and O–H groups in total. The number of hydrogen-bond donors (Lipinski definition) is 1. The van der Waals surface area contributed by atoms with E-state index in [-0.39, 0.29) is 17.2 Å². The van der Waals surface area contributed by atoms with Gasteiger partial charge in [0.2, 0.25) is 10.0 Å². The minimum Gasteiger partial charge on any atom is -0.496 e. The highest BCUT2D eigenvalue weighted by molar-refractivity contribution is 7.89. The average molecular weight is 347 g/mol. The van der Waals surface area contributed by atoms with Crippen LogP contribution in [-0.4, -0.2) is 27.9 Å². The van der Waals surface area contributed by atoms with Crippen molar-refractivity contribution in [1.82, 2.24) is 4.72 Å². The molecule has 0 spiro atoms. The zero-order valence-corrected chi connectivity index (χ0v) is 14.8. The van der Waals surface area contributed by atoms with Gasteiger partial charge in [0.25, 0.3) is 0 Å². The van der Waals surface area contributed by atoms with Gasteiger partial charge in [-0.2, -0.15) is 0 Å². The van der Waals surface area contributed by atoms with E-state index in [1.54, 1.807) is 19.2 Å². The Balaban J connectivity index is 2.04. The summed E-state index contributed by atoms with van der Waals surface area (Å²) in [6.45, 7) is 3.63. The van der Waals surface area contributed by atoms with Crippen LogP contribution in [0.25, 0.3) is 0 Å². The van der Waals surface area contributed by atoms with Crippen LogP contribution in [0.5, 0.6) is 5.75 Å². The van der Waals surface area contributed by atoms with Crippen LogP contribution in [0.4, 0.5) is 0 Å². The molecule has 0 saturated heterocycles. The summed E-state index contributed by atoms with van der Waals surface area (Å²) < 4.78 is 32.4. The minimum atomic E-state index is -3.64. The minimum absolute atomic E-state index is 0.0983. The molecule has 0 aliphatic heterocycles. The highest BCUT2D eigenvalue weighted by atomic mass is 32.2. The fraction of sp³-hybridized carbons (Fsp3) is 0.278. The molecular weight excluding hydrogens is 326 g/mol. The Hall–Kier alpha value is -2.18. The molecule has 128 valence electrons. The third kappa shape index (κ3) is 4.43. The molecule has 0 aromatic heterocycles. The van der Waals surface area contributed by atoms with Crippen LogP contribution in [0.2, 0.25) is 0 Å². The molecule has 6 heteroatoms. The number of ketones is 1. The summed E-state index contributed by atoms with van der Waals surface area (Å²) in [7, 11) is -2.02. The Morgan fingerprint density at radius 2 is 1.92 bits per heavy atom. The first kappa shape index (κ1) is 18.2. The first-order valence-electron chi connectivity index (χ1n) is 7.57. The highest BCUT2D eigenvalue weighted by Gasteiger charge is 2.14. The van der Waals surface area contributed by atoms with Crippen molar-refractivity contribution in [2.75, 3.05) is 13.7 Å². The first-order valence-corrected chi connectivity index (χ1v) is 9.06. The Bertz CT molecular complexity index is 844. The van der Waals surface area contributed by atoms with E-state index in [9.17, 15) is 13.2 Å². The van der Waals surface area contributed by atoms with Crippen molar-refractivity contribution in [3.05, 3.63) is 59.2 Å². The predicted molar refractivity (Wildman–Crippen MR) is 93.1 cm³/mol. The second kappa shape index (κ2) is 7.59. The van der Waals surface area contributed by atoms with E-state index < -0.39 is 10.0 Å². The van der Waals surface area contributed by atoms with Crippen molar-refractivity contribution in [3.63, 3.8) is 0 Å². The molecule has 0 aliphatic carbocycles. The standard InChI is InChI=1S/C18H21NO4S/c1-13-11-15(7-8-18(13)23-3)9-10-19-24(21,22)17-6-4-5-16(12-17)14(2)20/h4-8,11-12,19H,9-10H2,1-3H3. The first-order chi connectivity index (χ1) is 11.3. The quantitative estimate of drug-likeness (QED) is 0.782. The van der Waals surface area contributed by atoms with Crippen molar-refractivity contribution >= 4 is 15.8 Å². The topological polar surface area (TPSA) is 72.5 Å². The van der Waals surface area contributed by atoms with E-state index in [2.05, 4.69) is 4.72 Å². The smallest absolute Gasteiger partial charge is 0.240 e. The van der Waals surface area contributed by atoms with Crippen LogP contribution in [0.1, 0.15) is 28.4 Å². The highest BCUT2D eigenvalue weighted by Crippen LogP contribution is 2.18. The molecule has 0 fully saturated rings. The number of sulfonamides is 1. The normalized spacial score (nSPS) is 11.3. The van der Waals surface area contributed by atoms with Gasteiger partial charge in [0.15, 0.2) is 5.78 Å². The van der Waals surface area contributed by atoms with E-state index in [1.807, 2.05) is 25.1 Å². The fourth-order valence-electron chi connectivity index (χ4n) is 2.39. The summed E-state index contributed by atoms with van der Waals surface area (Å²) in [5.41, 5.74) is 2.41. The number of methoxy groups -OCH3 is 1. The molecule has 2 aromatic rings. The molecular formula is C18H21NO4S. The molecule has 0 amide bonds. The Morgan fingerprint density at radius 3 is 2.54 bits per heavy atom. The van der Waals surface area contributed by atoms with Gasteiger partial charge in [-0.3, -0.25) is 4.79 Å². The number of carbonyl (C=O) groups is 1. The zero-order chi connectivity index (χ0) is 17.7. The lowest BCUT2D eigenvalue weighted by Gasteiger charge is -2.09. The number of Topliss-reactive ketones (excluding diaryl/α,β-unsaturated/α-hetero) is 1. The summed E-state index contributed by atoms with van der Waals surface area (Å²) in [5.74, 6) is 0.640. The maximum atomic E-state index is 12.3. The third-order valence-corrected chi connectivity index (χ3v) is 5.17. The summed E-state index contributed by atoms with van der Waals surface area (Å²) in [5, 5.41) is 0. The van der Waals surface area contributed by atoms with Gasteiger partial charge in [0, 0.05) is 12.1 Å². The van der Waals surface area contributed by atoms with Crippen LogP contribution in [0, 0.1) is 6.92 Å². The van der Waals surface area contributed by atoms with E-state index in [0.29, 0.717) is 12.0 Å². The summed E-state index contributed by atoms with van der Waals surface area (Å²) >= 11 is 0. The Morgan fingerprint density at radius 1 is 1.17 bits per heavy atom. The molecule has 0 saturated carbocycles. The second-order valence-corrected chi connectivity index (χ2v) is 7.30. The van der Waals surface area contributed by atoms with Gasteiger partial charge in [0.05, 0.1) is 12.0 Å². The van der Waals surface area contributed by atoms with Crippen LogP contribution in [0.3, 0.4) is 0 Å². The van der Waals surface area contributed by atoms with Crippen molar-refractivity contribution in [2.24, 2.45) is 0 Å². The number of carbonyl (C=O) groups excluding carboxylic acids is 1. The molecule has 0 bridgehead atoms. The van der Waals surface area contributed by atoms with Gasteiger partial charge in [-0.15, -0.1) is 0 Å². The summed E-state index contributed by atoms with van der Waals surface area (Å²) in [4.78, 5) is 11.5. The van der Waals surface area contributed by atoms with Crippen molar-refractivity contribution in [2.45, 2.75) is 25.2 Å². The van der Waals surface area contributed by atoms with Gasteiger partial charge in [-0.25, -0.2) is 13.1 Å². The zero-order valence-electron chi connectivity index (χ0n) is 14.0. The third-order valence-electron chi connectivity index (χ3n) is 3.72. The number of benzene rings is 2. The largest absolute Gasteiger partial charge is 0.496 e. The molecule has 0 aliphatic rings. The number of hydrogen-bond acceptors (Lipinski definition) is 4. The molecule has 2 aromatic carbocycles. The van der Waals surface area contributed by atoms with Crippen molar-refractivity contribution < 1.29 is 17.9 Å². The molecule has 5 nitrogen and oxygen atoms in total. The Labute approximate surface area is 142 Å². The van der Waals surface area contributed by atoms with Crippen LogP contribution in [-0.2, 0) is 16.4 Å². The lowest BCUT2D eigenvalue weighted by molar-refractivity contribution is 0.101. The molecule has 0 heterocycles. The van der Waals surface area contributed by atoms with Gasteiger partial charge in [-0.1, -0.05) is 24.3 Å². The second-order valence-electron chi connectivity index (χ2n) is 5.54. The predicted octanol–water partition coefficient (Wildman–Crippen LogP) is 2.73. The fourth-order valence-corrected chi connectivity index (χ4v) is 3.47. The van der Waals surface area contributed by atoms with E-state index in [1.165, 1.54) is 19.1 Å². The lowest BCUT2D eigenvalue weighted by atomic mass is 10.1. The summed E-state index contributed by atoms with van der Waals surface area (Å²) in [6.07, 6.45) is 0.566. The van der Waals surface area contributed by atoms with Crippen LogP contribution >= 0.6 is 0 Å². The maximum Gasteiger partial charge on any atom is 0.240 e. The molecule has 2 rings (SSSR count). The van der Waals surface area contributed by atoms with E-state index >= 15 is 0 Å². The summed E-state index contributed by atoms with van der Waals surface area (Å²) in [6, 6.07) is 11.8. The number of aryl methyl sites for hydroxylation is 1. The number of nitrogens with one attached hydrogen (secondary N) is 1. The monoisotopic (exact) mass is 347 g/mol. The maximum absolute atomic E-state index is 12.3. The van der Waals surface area contributed by atoms with Gasteiger partial charge >= 0.3 is 0 Å². The number of ether oxygens (including phenoxy) is 1. The molecule has 0 unspecified atom stereocenters. The van der Waals surface area contributed by atoms with E-state index in [0.717, 1.165) is 16.9 Å². The molecule has 24 heavy (non-hydrogen) atoms. The van der Waals surface area contributed by atoms with Crippen LogP contribution in [0.15, 0.2) is 47.4 Å². The van der Waals surface area contributed by atoms with Crippen molar-refractivity contribution in [3.8, 4) is 5.75 Å². The number of rotatable bonds is 7. The average Bonchev–Trinajstić information content (AvgIpc) is 2.55. The van der Waals surface area contributed by atoms with Crippen LogP contribution < -0.4 is 9.46 Å². The van der Waals surface area contributed by atoms with E-state index in [4.69, 9.17) is 4.74 Å². The van der Waals surface area contributed by atoms with Gasteiger partial charge in [-0.05, 0) is 49.6 Å². The van der Waals surface area contributed by atoms with Crippen molar-refractivity contribution in [1.29, 1.82) is 0 Å². The Kier molecular flexibility index (Phi) is 5.75. The lowest BCUT2D eigenvalue weighted by Crippen LogP contribution is -2.26. The molecule has 0 radical (unpaired) electrons. The molecule has 0 atom stereocenters. The van der Waals surface area contributed by atoms with Gasteiger partial charge in [0.1, 0.15) is 5.75 Å². The SMILES string of the molecule is COc1ccc(CCNS(=O)(=O)c2cccc(C(C)=O)c2)cc1C. The van der Waals surface area contributed by atoms with Gasteiger partial charge < -0.3 is 4.74 Å².